The van der Waals surface area contributed by atoms with E-state index in [0.717, 1.165) is 5.56 Å². The summed E-state index contributed by atoms with van der Waals surface area (Å²) in [5, 5.41) is 2.24. The standard InChI is InChI=1S/C24H22N2O7S/c1-16-7-9-19(10-8-16)34(30,31)32-13-3-5-17-4-2-6-18(14-17)21-15-26(24(29)33-21)20-11-12-22(27)25-23(20)28/h2,4,6-10,14,20-21H,11-13,15H2,1H3,(H,25,27,28)/t20-,21+/m0/s1. The molecule has 0 aromatic heterocycles. The molecule has 0 unspecified atom stereocenters. The molecular formula is C24H22N2O7S. The van der Waals surface area contributed by atoms with Crippen molar-refractivity contribution in [2.45, 2.75) is 36.8 Å². The van der Waals surface area contributed by atoms with Gasteiger partial charge in [0, 0.05) is 12.0 Å². The number of ether oxygens (including phenoxy) is 1. The van der Waals surface area contributed by atoms with Crippen molar-refractivity contribution in [3.63, 3.8) is 0 Å². The van der Waals surface area contributed by atoms with Gasteiger partial charge >= 0.3 is 6.09 Å². The van der Waals surface area contributed by atoms with Crippen molar-refractivity contribution < 1.29 is 31.7 Å². The number of imide groups is 1. The van der Waals surface area contributed by atoms with Crippen LogP contribution in [0, 0.1) is 18.8 Å². The van der Waals surface area contributed by atoms with E-state index in [9.17, 15) is 22.8 Å². The zero-order chi connectivity index (χ0) is 24.3. The van der Waals surface area contributed by atoms with E-state index in [4.69, 9.17) is 8.92 Å². The minimum Gasteiger partial charge on any atom is -0.439 e. The van der Waals surface area contributed by atoms with E-state index in [1.54, 1.807) is 36.4 Å². The number of benzene rings is 2. The third-order valence-corrected chi connectivity index (χ3v) is 6.79. The SMILES string of the molecule is Cc1ccc(S(=O)(=O)OCC#Cc2cccc([C@H]3CN([C@H]4CCC(=O)NC4=O)C(=O)O3)c2)cc1. The van der Waals surface area contributed by atoms with Crippen LogP contribution in [0.15, 0.2) is 53.4 Å². The molecule has 0 spiro atoms. The van der Waals surface area contributed by atoms with Gasteiger partial charge in [0.05, 0.1) is 11.4 Å². The number of carbonyl (C=O) groups excluding carboxylic acids is 3. The summed E-state index contributed by atoms with van der Waals surface area (Å²) in [6, 6.07) is 12.6. The maximum Gasteiger partial charge on any atom is 0.411 e. The van der Waals surface area contributed by atoms with Gasteiger partial charge in [-0.05, 0) is 43.2 Å². The summed E-state index contributed by atoms with van der Waals surface area (Å²) in [6.07, 6.45) is -0.801. The van der Waals surface area contributed by atoms with Crippen LogP contribution in [0.25, 0.3) is 0 Å². The van der Waals surface area contributed by atoms with Crippen molar-refractivity contribution in [3.8, 4) is 11.8 Å². The lowest BCUT2D eigenvalue weighted by atomic mass is 10.0. The Morgan fingerprint density at radius 2 is 1.91 bits per heavy atom. The molecule has 10 heteroatoms. The molecular weight excluding hydrogens is 460 g/mol. The van der Waals surface area contributed by atoms with Crippen molar-refractivity contribution >= 4 is 28.0 Å². The van der Waals surface area contributed by atoms with E-state index in [1.165, 1.54) is 17.0 Å². The smallest absolute Gasteiger partial charge is 0.411 e. The van der Waals surface area contributed by atoms with Crippen LogP contribution in [0.5, 0.6) is 0 Å². The number of carbonyl (C=O) groups is 3. The molecule has 2 fully saturated rings. The lowest BCUT2D eigenvalue weighted by Crippen LogP contribution is -2.52. The molecule has 3 amide bonds. The minimum atomic E-state index is -3.90. The highest BCUT2D eigenvalue weighted by molar-refractivity contribution is 7.86. The number of nitrogens with zero attached hydrogens (tertiary/aromatic N) is 1. The first kappa shape index (κ1) is 23.5. The van der Waals surface area contributed by atoms with Gasteiger partial charge in [0.25, 0.3) is 10.1 Å². The van der Waals surface area contributed by atoms with E-state index in [1.807, 2.05) is 6.92 Å². The summed E-state index contributed by atoms with van der Waals surface area (Å²) < 4.78 is 34.9. The summed E-state index contributed by atoms with van der Waals surface area (Å²) in [7, 11) is -3.90. The van der Waals surface area contributed by atoms with Gasteiger partial charge in [0.15, 0.2) is 0 Å². The zero-order valence-electron chi connectivity index (χ0n) is 18.3. The van der Waals surface area contributed by atoms with Crippen LogP contribution in [-0.4, -0.2) is 50.4 Å². The monoisotopic (exact) mass is 482 g/mol. The average Bonchev–Trinajstić information content (AvgIpc) is 3.19. The Balaban J connectivity index is 1.39. The number of rotatable bonds is 5. The number of hydrogen-bond acceptors (Lipinski definition) is 7. The van der Waals surface area contributed by atoms with Crippen molar-refractivity contribution in [1.82, 2.24) is 10.2 Å². The van der Waals surface area contributed by atoms with Crippen LogP contribution in [0.1, 0.15) is 35.6 Å². The minimum absolute atomic E-state index is 0.0607. The van der Waals surface area contributed by atoms with Gasteiger partial charge in [-0.1, -0.05) is 41.7 Å². The maximum atomic E-state index is 12.3. The molecule has 176 valence electrons. The fourth-order valence-electron chi connectivity index (χ4n) is 3.72. The topological polar surface area (TPSA) is 119 Å². The maximum absolute atomic E-state index is 12.3. The van der Waals surface area contributed by atoms with E-state index in [0.29, 0.717) is 11.1 Å². The second-order valence-corrected chi connectivity index (χ2v) is 9.56. The first-order valence-electron chi connectivity index (χ1n) is 10.6. The Morgan fingerprint density at radius 1 is 1.15 bits per heavy atom. The number of aryl methyl sites for hydroxylation is 1. The normalized spacial score (nSPS) is 20.4. The van der Waals surface area contributed by atoms with Gasteiger partial charge < -0.3 is 4.74 Å². The number of hydrogen-bond donors (Lipinski definition) is 1. The Morgan fingerprint density at radius 3 is 2.65 bits per heavy atom. The lowest BCUT2D eigenvalue weighted by Gasteiger charge is -2.27. The van der Waals surface area contributed by atoms with Crippen molar-refractivity contribution in [3.05, 3.63) is 65.2 Å². The number of piperidine rings is 1. The second-order valence-electron chi connectivity index (χ2n) is 7.95. The summed E-state index contributed by atoms with van der Waals surface area (Å²) >= 11 is 0. The molecule has 2 aliphatic heterocycles. The van der Waals surface area contributed by atoms with E-state index >= 15 is 0 Å². The molecule has 2 aromatic rings. The van der Waals surface area contributed by atoms with E-state index in [2.05, 4.69) is 17.2 Å². The molecule has 2 aliphatic rings. The van der Waals surface area contributed by atoms with Crippen LogP contribution in [-0.2, 0) is 28.6 Å². The fraction of sp³-hybridized carbons (Fsp3) is 0.292. The van der Waals surface area contributed by atoms with Gasteiger partial charge in [-0.25, -0.2) is 4.79 Å². The van der Waals surface area contributed by atoms with E-state index in [-0.39, 0.29) is 36.8 Å². The molecule has 2 saturated heterocycles. The zero-order valence-corrected chi connectivity index (χ0v) is 19.1. The van der Waals surface area contributed by atoms with Crippen LogP contribution in [0.3, 0.4) is 0 Å². The molecule has 0 saturated carbocycles. The quantitative estimate of drug-likeness (QED) is 0.394. The van der Waals surface area contributed by atoms with Crippen LogP contribution < -0.4 is 5.32 Å². The second kappa shape index (κ2) is 9.67. The molecule has 4 rings (SSSR count). The molecule has 1 N–H and O–H groups in total. The Kier molecular flexibility index (Phi) is 6.68. The lowest BCUT2D eigenvalue weighted by molar-refractivity contribution is -0.136. The van der Waals surface area contributed by atoms with Crippen molar-refractivity contribution in [2.75, 3.05) is 13.2 Å². The predicted molar refractivity (Wildman–Crippen MR) is 120 cm³/mol. The molecule has 2 heterocycles. The Hall–Kier alpha value is -3.68. The first-order chi connectivity index (χ1) is 16.2. The summed E-state index contributed by atoms with van der Waals surface area (Å²) in [6.45, 7) is 1.71. The van der Waals surface area contributed by atoms with Crippen molar-refractivity contribution in [1.29, 1.82) is 0 Å². The van der Waals surface area contributed by atoms with Gasteiger partial charge in [-0.3, -0.25) is 24.0 Å². The molecule has 34 heavy (non-hydrogen) atoms. The number of nitrogens with one attached hydrogen (secondary N) is 1. The summed E-state index contributed by atoms with van der Waals surface area (Å²) in [5.41, 5.74) is 2.21. The van der Waals surface area contributed by atoms with Gasteiger partial charge in [0.1, 0.15) is 18.8 Å². The molecule has 0 aliphatic carbocycles. The molecule has 0 radical (unpaired) electrons. The van der Waals surface area contributed by atoms with E-state index < -0.39 is 34.3 Å². The average molecular weight is 483 g/mol. The summed E-state index contributed by atoms with van der Waals surface area (Å²) in [5.74, 6) is 4.67. The predicted octanol–water partition coefficient (Wildman–Crippen LogP) is 2.05. The molecule has 2 aromatic carbocycles. The molecule has 0 bridgehead atoms. The third-order valence-electron chi connectivity index (χ3n) is 5.51. The molecule has 9 nitrogen and oxygen atoms in total. The highest BCUT2D eigenvalue weighted by Crippen LogP contribution is 2.29. The summed E-state index contributed by atoms with van der Waals surface area (Å²) in [4.78, 5) is 37.2. The highest BCUT2D eigenvalue weighted by atomic mass is 32.2. The largest absolute Gasteiger partial charge is 0.439 e. The fourth-order valence-corrected chi connectivity index (χ4v) is 4.54. The third kappa shape index (κ3) is 5.27. The van der Waals surface area contributed by atoms with Crippen LogP contribution in [0.4, 0.5) is 4.79 Å². The number of amides is 3. The van der Waals surface area contributed by atoms with Gasteiger partial charge in [-0.2, -0.15) is 8.42 Å². The van der Waals surface area contributed by atoms with Gasteiger partial charge in [-0.15, -0.1) is 0 Å². The molecule has 2 atom stereocenters. The number of cyclic esters (lactones) is 1. The first-order valence-corrected chi connectivity index (χ1v) is 12.0. The van der Waals surface area contributed by atoms with Crippen molar-refractivity contribution in [2.24, 2.45) is 0 Å². The highest BCUT2D eigenvalue weighted by Gasteiger charge is 2.41. The van der Waals surface area contributed by atoms with Gasteiger partial charge in [0.2, 0.25) is 11.8 Å². The Bertz CT molecular complexity index is 1290. The Labute approximate surface area is 197 Å². The van der Waals surface area contributed by atoms with Crippen LogP contribution in [0.2, 0.25) is 0 Å². The van der Waals surface area contributed by atoms with Crippen LogP contribution >= 0.6 is 0 Å².